The number of hydrogen-bond acceptors (Lipinski definition) is 46. The van der Waals surface area contributed by atoms with Crippen molar-refractivity contribution < 1.29 is 165 Å². The smallest absolute Gasteiger partial charge is 0.368 e. The van der Waals surface area contributed by atoms with Crippen LogP contribution in [0, 0.1) is 36.5 Å². The molecule has 14 N–H and O–H groups in total. The lowest BCUT2D eigenvalue weighted by molar-refractivity contribution is -0.434. The molecule has 0 atom stereocenters. The Labute approximate surface area is 715 Å². The van der Waals surface area contributed by atoms with E-state index < -0.39 is 215 Å². The average Bonchev–Trinajstić information content (AvgIpc) is 1.52. The van der Waals surface area contributed by atoms with Gasteiger partial charge in [-0.2, -0.15) is 95.9 Å². The van der Waals surface area contributed by atoms with Gasteiger partial charge in [-0.15, -0.1) is 45.2 Å². The van der Waals surface area contributed by atoms with E-state index in [1.165, 1.54) is 44.2 Å². The molecule has 56 nitrogen and oxygen atoms in total. The molecule has 0 fully saturated rings. The van der Waals surface area contributed by atoms with E-state index in [0.717, 1.165) is 52.1 Å². The Balaban J connectivity index is 0.000000285. The fourth-order valence-corrected chi connectivity index (χ4v) is 18.1. The maximum Gasteiger partial charge on any atom is 0.397 e. The number of sulfone groups is 2. The van der Waals surface area contributed by atoms with Gasteiger partial charge in [-0.1, -0.05) is 17.2 Å². The van der Waals surface area contributed by atoms with Gasteiger partial charge in [0.2, 0.25) is 0 Å². The van der Waals surface area contributed by atoms with Gasteiger partial charge in [0.25, 0.3) is 60.7 Å². The summed E-state index contributed by atoms with van der Waals surface area (Å²) >= 11 is 0.158. The number of azo groups is 2. The monoisotopic (exact) mass is 2000 g/mol. The lowest BCUT2D eigenvalue weighted by atomic mass is 10.1. The lowest BCUT2D eigenvalue weighted by Gasteiger charge is -2.15. The van der Waals surface area contributed by atoms with E-state index in [2.05, 4.69) is 94.0 Å². The van der Waals surface area contributed by atoms with Gasteiger partial charge in [-0.25, -0.2) is 44.6 Å². The highest BCUT2D eigenvalue weighted by atomic mass is 32.3. The number of rotatable bonds is 40. The van der Waals surface area contributed by atoms with Crippen molar-refractivity contribution in [2.75, 3.05) is 96.9 Å². The van der Waals surface area contributed by atoms with Gasteiger partial charge >= 0.3 is 31.2 Å². The molecule has 10 aromatic rings. The van der Waals surface area contributed by atoms with E-state index >= 15 is 0 Å². The van der Waals surface area contributed by atoms with Crippen LogP contribution in [0.2, 0.25) is 0 Å². The van der Waals surface area contributed by atoms with Crippen LogP contribution >= 0.6 is 12.3 Å². The second-order valence-corrected chi connectivity index (χ2v) is 41.6. The number of hydrogen-bond donors (Lipinski definition) is 14. The summed E-state index contributed by atoms with van der Waals surface area (Å²) in [4.78, 5) is 4.64. The first-order valence-electron chi connectivity index (χ1n) is 33.3. The molecule has 0 aliphatic rings. The molecule has 0 saturated heterocycles. The molecule has 680 valence electrons. The minimum atomic E-state index is -5.19. The third kappa shape index (κ3) is 26.3. The summed E-state index contributed by atoms with van der Waals surface area (Å²) in [7, 11) is -53.0. The van der Waals surface area contributed by atoms with Crippen LogP contribution in [0.15, 0.2) is 135 Å². The Morgan fingerprint density at radius 2 is 0.754 bits per heavy atom. The van der Waals surface area contributed by atoms with Crippen LogP contribution in [-0.4, -0.2) is 254 Å². The molecule has 0 bridgehead atoms. The van der Waals surface area contributed by atoms with Gasteiger partial charge in [-0.3, -0.25) is 45.2 Å². The van der Waals surface area contributed by atoms with Crippen molar-refractivity contribution in [2.45, 2.75) is 43.2 Å². The SMILES string of the molecule is Cc1c(C#N)c(NCCOS(=O)(=O)O)nc(NCCS(=O)(=O)CCOSOOO)c1N=Nc1ccc(-n2nc3ccc4c(S(=O)(=O)O)cc(S(=O)(=O)O)cc4c3n2)cc1S(=O)(=O)O.Cc1c(C#N)c(NCCS(=O)(=O)CCOS(=O)(=O)O)nc(NCCOS(=O)(=O)O)c1N=Nc1ccc(-n2nc3ccc4c(S(=O)(=O)O)cc(S(=O)(=O)O)cc4c3n2)cc1S(=O)(=O)O. The summed E-state index contributed by atoms with van der Waals surface area (Å²) in [6, 6.07) is 17.4. The van der Waals surface area contributed by atoms with E-state index in [1.54, 1.807) is 0 Å². The second-order valence-electron chi connectivity index (χ2n) is 24.8. The highest BCUT2D eigenvalue weighted by Gasteiger charge is 2.30. The molecule has 0 saturated carbocycles. The highest BCUT2D eigenvalue weighted by Crippen LogP contribution is 2.41. The van der Waals surface area contributed by atoms with Crippen LogP contribution < -0.4 is 21.3 Å². The largest absolute Gasteiger partial charge is 0.397 e. The van der Waals surface area contributed by atoms with Gasteiger partial charge in [0.1, 0.15) is 88.2 Å². The molecular formula is C58H58N18O38S12. The van der Waals surface area contributed by atoms with E-state index in [9.17, 15) is 130 Å². The first kappa shape index (κ1) is 99.3. The van der Waals surface area contributed by atoms with E-state index in [-0.39, 0.29) is 137 Å². The maximum atomic E-state index is 12.7. The van der Waals surface area contributed by atoms with Crippen molar-refractivity contribution >= 4 is 214 Å². The number of benzene rings is 6. The van der Waals surface area contributed by atoms with Crippen molar-refractivity contribution in [3.05, 3.63) is 107 Å². The number of nitrogens with one attached hydrogen (secondary N) is 4. The Kier molecular flexibility index (Phi) is 30.7. The molecule has 0 radical (unpaired) electrons. The number of fused-ring (bicyclic) bond motifs is 6. The van der Waals surface area contributed by atoms with Gasteiger partial charge in [0.05, 0.1) is 81.7 Å². The molecule has 0 unspecified atom stereocenters. The molecule has 0 spiro atoms. The zero-order chi connectivity index (χ0) is 93.5. The summed E-state index contributed by atoms with van der Waals surface area (Å²) in [5, 5.41) is 73.8. The summed E-state index contributed by atoms with van der Waals surface area (Å²) in [5.74, 6) is -3.59. The molecule has 126 heavy (non-hydrogen) atoms. The number of aromatic nitrogens is 8. The zero-order valence-corrected chi connectivity index (χ0v) is 72.4. The van der Waals surface area contributed by atoms with Crippen LogP contribution in [0.25, 0.3) is 55.0 Å². The van der Waals surface area contributed by atoms with E-state index in [0.29, 0.717) is 12.1 Å². The van der Waals surface area contributed by atoms with Gasteiger partial charge in [0.15, 0.2) is 43.6 Å². The Bertz CT molecular complexity index is 7550. The summed E-state index contributed by atoms with van der Waals surface area (Å²) in [6.45, 7) is -1.51. The molecule has 0 amide bonds. The quantitative estimate of drug-likeness (QED) is 0.00652. The molecule has 0 aliphatic heterocycles. The second kappa shape index (κ2) is 39.0. The predicted octanol–water partition coefficient (Wildman–Crippen LogP) is 3.55. The van der Waals surface area contributed by atoms with Crippen LogP contribution in [0.4, 0.5) is 46.0 Å². The third-order valence-electron chi connectivity index (χ3n) is 16.3. The van der Waals surface area contributed by atoms with Crippen LogP contribution in [0.3, 0.4) is 0 Å². The normalized spacial score (nSPS) is 13.0. The average molecular weight is 2000 g/mol. The van der Waals surface area contributed by atoms with E-state index in [1.807, 2.05) is 12.1 Å². The Morgan fingerprint density at radius 3 is 1.11 bits per heavy atom. The first-order chi connectivity index (χ1) is 58.3. The van der Waals surface area contributed by atoms with Crippen molar-refractivity contribution in [2.24, 2.45) is 20.5 Å². The summed E-state index contributed by atoms with van der Waals surface area (Å²) < 4.78 is 370. The molecule has 0 aliphatic carbocycles. The Hall–Kier alpha value is -10.5. The molecule has 6 aromatic carbocycles. The zero-order valence-electron chi connectivity index (χ0n) is 62.6. The molecule has 10 rings (SSSR count). The minimum Gasteiger partial charge on any atom is -0.368 e. The molecule has 4 heterocycles. The van der Waals surface area contributed by atoms with Crippen LogP contribution in [-0.2, 0) is 138 Å². The Morgan fingerprint density at radius 1 is 0.397 bits per heavy atom. The van der Waals surface area contributed by atoms with Gasteiger partial charge < -0.3 is 21.3 Å². The highest BCUT2D eigenvalue weighted by molar-refractivity contribution is 7.92. The predicted molar refractivity (Wildman–Crippen MR) is 429 cm³/mol. The summed E-state index contributed by atoms with van der Waals surface area (Å²) in [6.07, 6.45) is 0. The van der Waals surface area contributed by atoms with Gasteiger partial charge in [0, 0.05) is 58.9 Å². The summed E-state index contributed by atoms with van der Waals surface area (Å²) in [5.41, 5.74) is -2.92. The maximum absolute atomic E-state index is 12.7. The molecular weight excluding hydrogens is 1940 g/mol. The lowest BCUT2D eigenvalue weighted by Crippen LogP contribution is -2.23. The van der Waals surface area contributed by atoms with Crippen molar-refractivity contribution in [1.29, 1.82) is 10.5 Å². The standard InChI is InChI=1S/2C29H29N9O19S6/c1-16-21(15-30)28(32-7-10-58(39,40)11-9-57-63(53,54)55)33-29(31-6-8-56-62(50,51)52)26(16)35-34-22-4-2-17(12-25(22)61(47,48)49)38-36-23-5-3-19-20(27(23)37-38)13-18(59(41,42)43)14-24(19)60(44,45)46;1-16-21(15-30)28(31-6-8-55-63(51,52)53)33-29(32-7-10-59(40,41)11-9-54-58-57-56-39)26(16)35-34-22-4-2-17(12-25(22)62(48,49)50)38-36-23-5-3-19-20(27(23)37-38)13-18(60(42,43)44)14-24(19)61(45,46)47/h2-5,12-14H,6-11H2,1H3,(H2,31,32,33)(H,41,42,43)(H,44,45,46)(H,47,48,49)(H,50,51,52)(H,53,54,55);2-5,12-14,39H,6-11H2,1H3,(H2,31,32,33)(H,42,43,44)(H,45,46,47)(H,48,49,50)(H,51,52,53). The topological polar surface area (TPSA) is 866 Å². The van der Waals surface area contributed by atoms with Crippen LogP contribution in [0.1, 0.15) is 22.3 Å². The fraction of sp³-hybridized carbons (Fsp3) is 0.241. The molecule has 4 aromatic heterocycles. The molecule has 68 heteroatoms. The van der Waals surface area contributed by atoms with Crippen LogP contribution in [0.5, 0.6) is 0 Å². The number of anilines is 4. The number of nitrogens with zero attached hydrogens (tertiary/aromatic N) is 14. The van der Waals surface area contributed by atoms with Crippen molar-refractivity contribution in [3.8, 4) is 23.5 Å². The van der Waals surface area contributed by atoms with Crippen molar-refractivity contribution in [1.82, 2.24) is 40.0 Å². The number of nitriles is 2. The fourth-order valence-electron chi connectivity index (χ4n) is 10.9. The van der Waals surface area contributed by atoms with E-state index in [4.69, 9.17) is 23.1 Å². The van der Waals surface area contributed by atoms with Gasteiger partial charge in [-0.05, 0) is 86.6 Å². The number of pyridine rings is 2. The first-order valence-corrected chi connectivity index (χ1v) is 50.4. The third-order valence-corrected chi connectivity index (χ3v) is 26.6. The minimum absolute atomic E-state index is 0.00956. The van der Waals surface area contributed by atoms with Crippen molar-refractivity contribution in [3.63, 3.8) is 0 Å².